The predicted molar refractivity (Wildman–Crippen MR) is 88.1 cm³/mol. The predicted octanol–water partition coefficient (Wildman–Crippen LogP) is 2.66. The molecule has 0 aliphatic rings. The summed E-state index contributed by atoms with van der Waals surface area (Å²) in [6, 6.07) is 12.4. The molecule has 0 bridgehead atoms. The summed E-state index contributed by atoms with van der Waals surface area (Å²) in [5.41, 5.74) is 1.89. The third kappa shape index (κ3) is 2.85. The van der Waals surface area contributed by atoms with Crippen molar-refractivity contribution in [2.75, 3.05) is 7.11 Å². The minimum absolute atomic E-state index is 0.0297. The van der Waals surface area contributed by atoms with Crippen molar-refractivity contribution in [2.45, 2.75) is 13.5 Å². The number of ether oxygens (including phenoxy) is 1. The number of aromatic nitrogens is 2. The van der Waals surface area contributed by atoms with Crippen LogP contribution >= 0.6 is 0 Å². The van der Waals surface area contributed by atoms with Gasteiger partial charge in [-0.05, 0) is 37.3 Å². The first-order valence-corrected chi connectivity index (χ1v) is 7.22. The lowest BCUT2D eigenvalue weighted by Gasteiger charge is -2.12. The Kier molecular flexibility index (Phi) is 3.93. The van der Waals surface area contributed by atoms with Crippen molar-refractivity contribution in [1.29, 1.82) is 0 Å². The second kappa shape index (κ2) is 6.04. The van der Waals surface area contributed by atoms with E-state index in [0.29, 0.717) is 28.8 Å². The van der Waals surface area contributed by atoms with Crippen molar-refractivity contribution in [3.05, 3.63) is 70.3 Å². The van der Waals surface area contributed by atoms with Gasteiger partial charge in [0.1, 0.15) is 5.75 Å². The van der Waals surface area contributed by atoms with Gasteiger partial charge in [-0.25, -0.2) is 4.98 Å². The molecular weight excluding hydrogens is 292 g/mol. The Balaban J connectivity index is 2.08. The van der Waals surface area contributed by atoms with Gasteiger partial charge >= 0.3 is 0 Å². The number of carbonyl (C=O) groups excluding carboxylic acids is 1. The van der Waals surface area contributed by atoms with E-state index < -0.39 is 0 Å². The molecule has 0 unspecified atom stereocenters. The van der Waals surface area contributed by atoms with Crippen LogP contribution in [0.1, 0.15) is 22.8 Å². The van der Waals surface area contributed by atoms with Crippen LogP contribution in [0.15, 0.2) is 53.6 Å². The normalized spacial score (nSPS) is 10.7. The molecule has 5 heteroatoms. The molecule has 1 aromatic heterocycles. The van der Waals surface area contributed by atoms with Crippen LogP contribution in [0.25, 0.3) is 10.9 Å². The maximum absolute atomic E-state index is 12.6. The SMILES string of the molecule is COc1ccc(C(C)=O)cc1Cn1cnc2ccccc2c1=O. The summed E-state index contributed by atoms with van der Waals surface area (Å²) in [7, 11) is 1.56. The number of hydrogen-bond acceptors (Lipinski definition) is 4. The first kappa shape index (κ1) is 15.0. The largest absolute Gasteiger partial charge is 0.496 e. The number of benzene rings is 2. The minimum atomic E-state index is -0.120. The van der Waals surface area contributed by atoms with Gasteiger partial charge < -0.3 is 4.74 Å². The minimum Gasteiger partial charge on any atom is -0.496 e. The van der Waals surface area contributed by atoms with Crippen LogP contribution in [0.4, 0.5) is 0 Å². The maximum atomic E-state index is 12.6. The highest BCUT2D eigenvalue weighted by molar-refractivity contribution is 5.94. The van der Waals surface area contributed by atoms with Crippen LogP contribution in [-0.2, 0) is 6.54 Å². The first-order valence-electron chi connectivity index (χ1n) is 7.22. The summed E-state index contributed by atoms with van der Waals surface area (Å²) in [6.07, 6.45) is 1.52. The number of rotatable bonds is 4. The molecule has 0 atom stereocenters. The molecule has 0 fully saturated rings. The van der Waals surface area contributed by atoms with Crippen molar-refractivity contribution in [2.24, 2.45) is 0 Å². The van der Waals surface area contributed by atoms with Crippen LogP contribution in [-0.4, -0.2) is 22.4 Å². The number of nitrogens with zero attached hydrogens (tertiary/aromatic N) is 2. The summed E-state index contributed by atoms with van der Waals surface area (Å²) in [5.74, 6) is 0.605. The van der Waals surface area contributed by atoms with Gasteiger partial charge in [-0.3, -0.25) is 14.2 Å². The lowest BCUT2D eigenvalue weighted by Crippen LogP contribution is -2.21. The summed E-state index contributed by atoms with van der Waals surface area (Å²) in [6.45, 7) is 1.80. The Labute approximate surface area is 133 Å². The topological polar surface area (TPSA) is 61.2 Å². The Hall–Kier alpha value is -2.95. The van der Waals surface area contributed by atoms with E-state index in [4.69, 9.17) is 4.74 Å². The highest BCUT2D eigenvalue weighted by atomic mass is 16.5. The lowest BCUT2D eigenvalue weighted by atomic mass is 10.1. The number of Topliss-reactive ketones (excluding diaryl/α,β-unsaturated/α-hetero) is 1. The first-order chi connectivity index (χ1) is 11.1. The van der Waals surface area contributed by atoms with Gasteiger partial charge in [-0.15, -0.1) is 0 Å². The molecule has 0 saturated carbocycles. The van der Waals surface area contributed by atoms with E-state index in [2.05, 4.69) is 4.98 Å². The average Bonchev–Trinajstić information content (AvgIpc) is 2.57. The summed E-state index contributed by atoms with van der Waals surface area (Å²) in [4.78, 5) is 28.4. The molecule has 23 heavy (non-hydrogen) atoms. The molecule has 116 valence electrons. The van der Waals surface area contributed by atoms with E-state index in [1.807, 2.05) is 12.1 Å². The Bertz CT molecular complexity index is 944. The Morgan fingerprint density at radius 3 is 2.74 bits per heavy atom. The van der Waals surface area contributed by atoms with E-state index in [1.165, 1.54) is 17.8 Å². The monoisotopic (exact) mass is 308 g/mol. The fourth-order valence-electron chi connectivity index (χ4n) is 2.52. The Morgan fingerprint density at radius 2 is 2.00 bits per heavy atom. The smallest absolute Gasteiger partial charge is 0.261 e. The Morgan fingerprint density at radius 1 is 1.22 bits per heavy atom. The van der Waals surface area contributed by atoms with Gasteiger partial charge in [0.25, 0.3) is 5.56 Å². The van der Waals surface area contributed by atoms with E-state index in [1.54, 1.807) is 37.4 Å². The van der Waals surface area contributed by atoms with Crippen LogP contribution in [0, 0.1) is 0 Å². The third-order valence-electron chi connectivity index (χ3n) is 3.76. The van der Waals surface area contributed by atoms with Gasteiger partial charge in [0.05, 0.1) is 30.9 Å². The number of para-hydroxylation sites is 1. The summed E-state index contributed by atoms with van der Waals surface area (Å²) >= 11 is 0. The number of carbonyl (C=O) groups is 1. The van der Waals surface area contributed by atoms with Crippen molar-refractivity contribution in [1.82, 2.24) is 9.55 Å². The fourth-order valence-corrected chi connectivity index (χ4v) is 2.52. The molecule has 0 amide bonds. The van der Waals surface area contributed by atoms with Crippen molar-refractivity contribution in [3.8, 4) is 5.75 Å². The van der Waals surface area contributed by atoms with E-state index >= 15 is 0 Å². The molecule has 0 aliphatic carbocycles. The van der Waals surface area contributed by atoms with Crippen LogP contribution in [0.3, 0.4) is 0 Å². The van der Waals surface area contributed by atoms with E-state index in [-0.39, 0.29) is 11.3 Å². The van der Waals surface area contributed by atoms with Crippen LogP contribution < -0.4 is 10.3 Å². The number of methoxy groups -OCH3 is 1. The molecule has 5 nitrogen and oxygen atoms in total. The molecule has 0 aliphatic heterocycles. The van der Waals surface area contributed by atoms with Gasteiger partial charge in [-0.2, -0.15) is 0 Å². The summed E-state index contributed by atoms with van der Waals surface area (Å²) < 4.78 is 6.85. The lowest BCUT2D eigenvalue weighted by molar-refractivity contribution is 0.101. The molecule has 0 radical (unpaired) electrons. The highest BCUT2D eigenvalue weighted by Crippen LogP contribution is 2.21. The fraction of sp³-hybridized carbons (Fsp3) is 0.167. The molecule has 0 saturated heterocycles. The van der Waals surface area contributed by atoms with E-state index in [9.17, 15) is 9.59 Å². The quantitative estimate of drug-likeness (QED) is 0.695. The highest BCUT2D eigenvalue weighted by Gasteiger charge is 2.10. The van der Waals surface area contributed by atoms with Crippen LogP contribution in [0.2, 0.25) is 0 Å². The molecule has 3 aromatic rings. The van der Waals surface area contributed by atoms with Crippen molar-refractivity contribution < 1.29 is 9.53 Å². The average molecular weight is 308 g/mol. The third-order valence-corrected chi connectivity index (χ3v) is 3.76. The van der Waals surface area contributed by atoms with Crippen molar-refractivity contribution >= 4 is 16.7 Å². The second-order valence-corrected chi connectivity index (χ2v) is 5.28. The zero-order chi connectivity index (χ0) is 16.4. The molecular formula is C18H16N2O3. The second-order valence-electron chi connectivity index (χ2n) is 5.28. The molecule has 0 N–H and O–H groups in total. The molecule has 2 aromatic carbocycles. The zero-order valence-electron chi connectivity index (χ0n) is 12.9. The van der Waals surface area contributed by atoms with E-state index in [0.717, 1.165) is 5.56 Å². The summed E-state index contributed by atoms with van der Waals surface area (Å²) in [5, 5.41) is 0.566. The number of ketones is 1. The standard InChI is InChI=1S/C18H16N2O3/c1-12(21)13-7-8-17(23-2)14(9-13)10-20-11-19-16-6-4-3-5-15(16)18(20)22/h3-9,11H,10H2,1-2H3. The van der Waals surface area contributed by atoms with Gasteiger partial charge in [0.2, 0.25) is 0 Å². The maximum Gasteiger partial charge on any atom is 0.261 e. The van der Waals surface area contributed by atoms with Crippen molar-refractivity contribution in [3.63, 3.8) is 0 Å². The van der Waals surface area contributed by atoms with Gasteiger partial charge in [-0.1, -0.05) is 12.1 Å². The molecule has 0 spiro atoms. The molecule has 3 rings (SSSR count). The molecule has 1 heterocycles. The number of hydrogen-bond donors (Lipinski definition) is 0. The van der Waals surface area contributed by atoms with Crippen LogP contribution in [0.5, 0.6) is 5.75 Å². The number of fused-ring (bicyclic) bond motifs is 1. The van der Waals surface area contributed by atoms with Gasteiger partial charge in [0.15, 0.2) is 5.78 Å². The zero-order valence-corrected chi connectivity index (χ0v) is 12.9. The van der Waals surface area contributed by atoms with Gasteiger partial charge in [0, 0.05) is 11.1 Å².